The van der Waals surface area contributed by atoms with E-state index in [1.165, 1.54) is 6.42 Å². The third-order valence-electron chi connectivity index (χ3n) is 4.99. The highest BCUT2D eigenvalue weighted by Crippen LogP contribution is 2.28. The summed E-state index contributed by atoms with van der Waals surface area (Å²) >= 11 is 0. The van der Waals surface area contributed by atoms with Crippen molar-refractivity contribution in [3.8, 4) is 0 Å². The number of aliphatic carboxylic acids is 1. The molecule has 0 aromatic rings. The summed E-state index contributed by atoms with van der Waals surface area (Å²) < 4.78 is 5.22. The standard InChI is InChI=1S/C15H26N2O4/c1-11-5-3-4-6-12(11)17(2)14(20)16-15(13(18)19)7-9-21-10-8-15/h11-12H,3-10H2,1-2H3,(H,16,20)(H,18,19). The number of carboxylic acid groups (broad SMARTS) is 1. The van der Waals surface area contributed by atoms with Crippen LogP contribution in [-0.4, -0.2) is 53.8 Å². The fraction of sp³-hybridized carbons (Fsp3) is 0.867. The molecule has 1 saturated heterocycles. The van der Waals surface area contributed by atoms with Crippen LogP contribution in [0, 0.1) is 5.92 Å². The molecule has 1 saturated carbocycles. The highest BCUT2D eigenvalue weighted by molar-refractivity contribution is 5.86. The molecule has 6 nitrogen and oxygen atoms in total. The molecule has 0 aromatic carbocycles. The van der Waals surface area contributed by atoms with Crippen LogP contribution in [0.2, 0.25) is 0 Å². The minimum absolute atomic E-state index is 0.199. The SMILES string of the molecule is CC1CCCCC1N(C)C(=O)NC1(C(=O)O)CCOCC1. The smallest absolute Gasteiger partial charge is 0.329 e. The number of hydrogen-bond acceptors (Lipinski definition) is 3. The van der Waals surface area contributed by atoms with E-state index in [9.17, 15) is 14.7 Å². The van der Waals surface area contributed by atoms with E-state index in [0.717, 1.165) is 19.3 Å². The molecule has 2 unspecified atom stereocenters. The summed E-state index contributed by atoms with van der Waals surface area (Å²) in [6.45, 7) is 2.90. The highest BCUT2D eigenvalue weighted by Gasteiger charge is 2.43. The first-order chi connectivity index (χ1) is 9.96. The molecular weight excluding hydrogens is 272 g/mol. The van der Waals surface area contributed by atoms with Crippen LogP contribution in [0.3, 0.4) is 0 Å². The van der Waals surface area contributed by atoms with E-state index < -0.39 is 11.5 Å². The second kappa shape index (κ2) is 6.64. The van der Waals surface area contributed by atoms with Crippen molar-refractivity contribution < 1.29 is 19.4 Å². The molecule has 2 amide bonds. The average Bonchev–Trinajstić information content (AvgIpc) is 2.47. The Morgan fingerprint density at radius 3 is 2.43 bits per heavy atom. The first-order valence-electron chi connectivity index (χ1n) is 7.82. The molecule has 2 aliphatic rings. The number of carboxylic acids is 1. The zero-order valence-corrected chi connectivity index (χ0v) is 12.9. The Kier molecular flexibility index (Phi) is 5.08. The Labute approximate surface area is 125 Å². The first kappa shape index (κ1) is 16.1. The second-order valence-electron chi connectivity index (χ2n) is 6.37. The average molecular weight is 298 g/mol. The van der Waals surface area contributed by atoms with Crippen LogP contribution >= 0.6 is 0 Å². The maximum absolute atomic E-state index is 12.5. The van der Waals surface area contributed by atoms with Gasteiger partial charge in [-0.1, -0.05) is 19.8 Å². The van der Waals surface area contributed by atoms with Gasteiger partial charge >= 0.3 is 12.0 Å². The number of nitrogens with one attached hydrogen (secondary N) is 1. The lowest BCUT2D eigenvalue weighted by atomic mass is 9.85. The van der Waals surface area contributed by atoms with E-state index >= 15 is 0 Å². The third-order valence-corrected chi connectivity index (χ3v) is 4.99. The number of ether oxygens (including phenoxy) is 1. The van der Waals surface area contributed by atoms with Gasteiger partial charge in [0.2, 0.25) is 0 Å². The lowest BCUT2D eigenvalue weighted by molar-refractivity contribution is -0.148. The fourth-order valence-corrected chi connectivity index (χ4v) is 3.43. The number of amides is 2. The number of hydrogen-bond donors (Lipinski definition) is 2. The quantitative estimate of drug-likeness (QED) is 0.833. The van der Waals surface area contributed by atoms with Gasteiger partial charge in [0.15, 0.2) is 0 Å². The van der Waals surface area contributed by atoms with Crippen molar-refractivity contribution in [2.45, 2.75) is 57.0 Å². The Morgan fingerprint density at radius 2 is 1.86 bits per heavy atom. The molecule has 6 heteroatoms. The van der Waals surface area contributed by atoms with Gasteiger partial charge < -0.3 is 20.1 Å². The Balaban J connectivity index is 2.02. The molecule has 2 fully saturated rings. The maximum Gasteiger partial charge on any atom is 0.329 e. The molecule has 0 spiro atoms. The lowest BCUT2D eigenvalue weighted by Gasteiger charge is -2.40. The van der Waals surface area contributed by atoms with Crippen LogP contribution < -0.4 is 5.32 Å². The number of urea groups is 1. The number of nitrogens with zero attached hydrogens (tertiary/aromatic N) is 1. The van der Waals surface area contributed by atoms with Crippen molar-refractivity contribution in [2.24, 2.45) is 5.92 Å². The molecule has 2 atom stereocenters. The van der Waals surface area contributed by atoms with Gasteiger partial charge in [0.1, 0.15) is 5.54 Å². The van der Waals surface area contributed by atoms with E-state index in [-0.39, 0.29) is 12.1 Å². The molecule has 1 heterocycles. The summed E-state index contributed by atoms with van der Waals surface area (Å²) in [7, 11) is 1.77. The van der Waals surface area contributed by atoms with Gasteiger partial charge in [0, 0.05) is 39.1 Å². The zero-order chi connectivity index (χ0) is 15.5. The molecule has 0 radical (unpaired) electrons. The van der Waals surface area contributed by atoms with Crippen molar-refractivity contribution in [3.05, 3.63) is 0 Å². The van der Waals surface area contributed by atoms with Crippen LogP contribution in [0.4, 0.5) is 4.79 Å². The van der Waals surface area contributed by atoms with Crippen molar-refractivity contribution in [1.29, 1.82) is 0 Å². The zero-order valence-electron chi connectivity index (χ0n) is 12.9. The predicted molar refractivity (Wildman–Crippen MR) is 78.1 cm³/mol. The lowest BCUT2D eigenvalue weighted by Crippen LogP contribution is -2.61. The van der Waals surface area contributed by atoms with Gasteiger partial charge in [-0.25, -0.2) is 9.59 Å². The summed E-state index contributed by atoms with van der Waals surface area (Å²) in [6, 6.07) is -0.0810. The van der Waals surface area contributed by atoms with Crippen LogP contribution in [-0.2, 0) is 9.53 Å². The molecule has 120 valence electrons. The molecule has 21 heavy (non-hydrogen) atoms. The first-order valence-corrected chi connectivity index (χ1v) is 7.82. The fourth-order valence-electron chi connectivity index (χ4n) is 3.43. The Bertz CT molecular complexity index is 393. The minimum Gasteiger partial charge on any atom is -0.480 e. The maximum atomic E-state index is 12.5. The van der Waals surface area contributed by atoms with E-state index in [4.69, 9.17) is 4.74 Å². The Hall–Kier alpha value is -1.30. The van der Waals surface area contributed by atoms with Gasteiger partial charge in [-0.2, -0.15) is 0 Å². The summed E-state index contributed by atoms with van der Waals surface area (Å²) in [5, 5.41) is 12.2. The topological polar surface area (TPSA) is 78.9 Å². The summed E-state index contributed by atoms with van der Waals surface area (Å²) in [5.41, 5.74) is -1.18. The van der Waals surface area contributed by atoms with Crippen molar-refractivity contribution in [3.63, 3.8) is 0 Å². The molecule has 0 aromatic heterocycles. The number of carbonyl (C=O) groups is 2. The molecule has 1 aliphatic carbocycles. The molecule has 2 N–H and O–H groups in total. The molecule has 0 bridgehead atoms. The van der Waals surface area contributed by atoms with Crippen molar-refractivity contribution in [2.75, 3.05) is 20.3 Å². The van der Waals surface area contributed by atoms with E-state index in [1.54, 1.807) is 11.9 Å². The van der Waals surface area contributed by atoms with E-state index in [2.05, 4.69) is 12.2 Å². The molecule has 2 rings (SSSR count). The van der Waals surface area contributed by atoms with E-state index in [0.29, 0.717) is 32.0 Å². The normalized spacial score (nSPS) is 28.7. The summed E-state index contributed by atoms with van der Waals surface area (Å²) in [4.78, 5) is 25.8. The molecule has 1 aliphatic heterocycles. The van der Waals surface area contributed by atoms with Crippen molar-refractivity contribution >= 4 is 12.0 Å². The Morgan fingerprint density at radius 1 is 1.24 bits per heavy atom. The number of carbonyl (C=O) groups excluding carboxylic acids is 1. The third kappa shape index (κ3) is 3.48. The van der Waals surface area contributed by atoms with Crippen LogP contribution in [0.15, 0.2) is 0 Å². The summed E-state index contributed by atoms with van der Waals surface area (Å²) in [6.07, 6.45) is 5.10. The predicted octanol–water partition coefficient (Wildman–Crippen LogP) is 1.84. The monoisotopic (exact) mass is 298 g/mol. The summed E-state index contributed by atoms with van der Waals surface area (Å²) in [5.74, 6) is -0.505. The highest BCUT2D eigenvalue weighted by atomic mass is 16.5. The van der Waals surface area contributed by atoms with Gasteiger partial charge in [0.25, 0.3) is 0 Å². The van der Waals surface area contributed by atoms with Gasteiger partial charge in [-0.15, -0.1) is 0 Å². The van der Waals surface area contributed by atoms with Crippen LogP contribution in [0.5, 0.6) is 0 Å². The van der Waals surface area contributed by atoms with Crippen LogP contribution in [0.25, 0.3) is 0 Å². The van der Waals surface area contributed by atoms with Gasteiger partial charge in [-0.05, 0) is 18.8 Å². The molecular formula is C15H26N2O4. The largest absolute Gasteiger partial charge is 0.480 e. The van der Waals surface area contributed by atoms with E-state index in [1.807, 2.05) is 0 Å². The van der Waals surface area contributed by atoms with Gasteiger partial charge in [0.05, 0.1) is 0 Å². The minimum atomic E-state index is -1.18. The van der Waals surface area contributed by atoms with Gasteiger partial charge in [-0.3, -0.25) is 0 Å². The van der Waals surface area contributed by atoms with Crippen LogP contribution in [0.1, 0.15) is 45.4 Å². The second-order valence-corrected chi connectivity index (χ2v) is 6.37. The number of rotatable bonds is 3. The van der Waals surface area contributed by atoms with Crippen molar-refractivity contribution in [1.82, 2.24) is 10.2 Å².